The van der Waals surface area contributed by atoms with Crippen LogP contribution in [0.1, 0.15) is 112 Å². The molecule has 4 rings (SSSR count). The number of aliphatic hydroxyl groups excluding tert-OH is 1. The highest BCUT2D eigenvalue weighted by Crippen LogP contribution is 2.68. The van der Waals surface area contributed by atoms with E-state index in [9.17, 15) is 0 Å². The second-order valence-electron chi connectivity index (χ2n) is 13.2. The van der Waals surface area contributed by atoms with Gasteiger partial charge in [-0.3, -0.25) is 0 Å². The highest BCUT2D eigenvalue weighted by Gasteiger charge is 2.60. The highest BCUT2D eigenvalue weighted by atomic mass is 16.5. The lowest BCUT2D eigenvalue weighted by molar-refractivity contribution is -0.138. The predicted molar refractivity (Wildman–Crippen MR) is 130 cm³/mol. The minimum atomic E-state index is 0.167. The summed E-state index contributed by atoms with van der Waals surface area (Å²) in [6.07, 6.45) is 17.4. The molecule has 0 aromatic rings. The van der Waals surface area contributed by atoms with Crippen molar-refractivity contribution >= 4 is 0 Å². The van der Waals surface area contributed by atoms with Crippen LogP contribution in [0.25, 0.3) is 0 Å². The summed E-state index contributed by atoms with van der Waals surface area (Å²) in [4.78, 5) is 0. The smallest absolute Gasteiger partial charge is 0.0701 e. The van der Waals surface area contributed by atoms with E-state index in [4.69, 9.17) is 9.84 Å². The summed E-state index contributed by atoms with van der Waals surface area (Å²) in [5.41, 5.74) is 1.16. The van der Waals surface area contributed by atoms with Gasteiger partial charge in [0.05, 0.1) is 19.3 Å². The number of fused-ring (bicyclic) bond motifs is 5. The molecule has 1 N–H and O–H groups in total. The van der Waals surface area contributed by atoms with E-state index in [-0.39, 0.29) is 6.61 Å². The van der Waals surface area contributed by atoms with Crippen LogP contribution in [-0.4, -0.2) is 24.4 Å². The molecule has 0 amide bonds. The molecule has 0 saturated heterocycles. The third-order valence-electron chi connectivity index (χ3n) is 11.3. The van der Waals surface area contributed by atoms with Crippen LogP contribution >= 0.6 is 0 Å². The normalized spacial score (nSPS) is 45.8. The Morgan fingerprint density at radius 2 is 1.61 bits per heavy atom. The summed E-state index contributed by atoms with van der Waals surface area (Å²) in [6.45, 7) is 13.4. The minimum Gasteiger partial charge on any atom is -0.394 e. The van der Waals surface area contributed by atoms with Gasteiger partial charge < -0.3 is 9.84 Å². The van der Waals surface area contributed by atoms with Gasteiger partial charge in [-0.25, -0.2) is 0 Å². The lowest BCUT2D eigenvalue weighted by Crippen LogP contribution is -2.54. The molecule has 0 bridgehead atoms. The fraction of sp³-hybridized carbons (Fsp3) is 1.00. The Morgan fingerprint density at radius 1 is 0.871 bits per heavy atom. The molecule has 4 saturated carbocycles. The zero-order chi connectivity index (χ0) is 22.2. The van der Waals surface area contributed by atoms with Crippen molar-refractivity contribution < 1.29 is 9.84 Å². The second-order valence-corrected chi connectivity index (χ2v) is 13.2. The molecular formula is C29H52O2. The highest BCUT2D eigenvalue weighted by molar-refractivity contribution is 5.09. The van der Waals surface area contributed by atoms with Crippen molar-refractivity contribution in [3.05, 3.63) is 0 Å². The van der Waals surface area contributed by atoms with Gasteiger partial charge in [-0.1, -0.05) is 53.9 Å². The van der Waals surface area contributed by atoms with E-state index in [1.165, 1.54) is 77.0 Å². The molecule has 4 aliphatic rings. The van der Waals surface area contributed by atoms with E-state index in [1.807, 2.05) is 0 Å². The Morgan fingerprint density at radius 3 is 2.35 bits per heavy atom. The number of rotatable bonds is 8. The Balaban J connectivity index is 1.41. The summed E-state index contributed by atoms with van der Waals surface area (Å²) < 4.78 is 5.98. The number of aliphatic hydroxyl groups is 1. The van der Waals surface area contributed by atoms with Crippen LogP contribution < -0.4 is 0 Å². The van der Waals surface area contributed by atoms with Gasteiger partial charge in [0.15, 0.2) is 0 Å². The van der Waals surface area contributed by atoms with Crippen molar-refractivity contribution in [3.8, 4) is 0 Å². The summed E-state index contributed by atoms with van der Waals surface area (Å²) in [5, 5.41) is 9.15. The summed E-state index contributed by atoms with van der Waals surface area (Å²) in [6, 6.07) is 0. The largest absolute Gasteiger partial charge is 0.394 e. The van der Waals surface area contributed by atoms with Gasteiger partial charge in [0.2, 0.25) is 0 Å². The van der Waals surface area contributed by atoms with Crippen molar-refractivity contribution in [1.82, 2.24) is 0 Å². The first-order valence-corrected chi connectivity index (χ1v) is 14.0. The van der Waals surface area contributed by atoms with Crippen molar-refractivity contribution in [3.63, 3.8) is 0 Å². The summed E-state index contributed by atoms with van der Waals surface area (Å²) in [7, 11) is 0. The molecule has 31 heavy (non-hydrogen) atoms. The minimum absolute atomic E-state index is 0.167. The van der Waals surface area contributed by atoms with Gasteiger partial charge in [-0.2, -0.15) is 0 Å². The second kappa shape index (κ2) is 9.65. The van der Waals surface area contributed by atoms with Gasteiger partial charge in [0.1, 0.15) is 0 Å². The van der Waals surface area contributed by atoms with E-state index < -0.39 is 0 Å². The van der Waals surface area contributed by atoms with E-state index in [0.29, 0.717) is 23.5 Å². The van der Waals surface area contributed by atoms with Crippen molar-refractivity contribution in [2.45, 2.75) is 118 Å². The van der Waals surface area contributed by atoms with Gasteiger partial charge in [0.25, 0.3) is 0 Å². The summed E-state index contributed by atoms with van der Waals surface area (Å²) >= 11 is 0. The van der Waals surface area contributed by atoms with Crippen molar-refractivity contribution in [2.24, 2.45) is 52.3 Å². The first kappa shape index (κ1) is 24.1. The fourth-order valence-corrected chi connectivity index (χ4v) is 9.61. The van der Waals surface area contributed by atoms with Crippen LogP contribution in [0.5, 0.6) is 0 Å². The molecular weight excluding hydrogens is 380 g/mol. The molecule has 2 heteroatoms. The Hall–Kier alpha value is -0.0800. The van der Waals surface area contributed by atoms with E-state index in [0.717, 1.165) is 41.4 Å². The average Bonchev–Trinajstić information content (AvgIpc) is 3.09. The Kier molecular flexibility index (Phi) is 7.49. The standard InChI is InChI=1S/C29H52O2/c1-20(2)7-6-8-21(3)25-11-12-26-24-10-9-22-19-23(31-18-17-30)13-15-28(22,4)27(24)14-16-29(25,26)5/h20-27,30H,6-19H2,1-5H3/t21-,22?,23?,24?,25-,26?,27?,28+,29-/m1/s1. The molecule has 4 aliphatic carbocycles. The number of hydrogen-bond acceptors (Lipinski definition) is 2. The van der Waals surface area contributed by atoms with E-state index >= 15 is 0 Å². The molecule has 0 aromatic heterocycles. The zero-order valence-electron chi connectivity index (χ0n) is 21.4. The molecule has 0 spiro atoms. The van der Waals surface area contributed by atoms with Crippen LogP contribution in [-0.2, 0) is 4.74 Å². The lowest BCUT2D eigenvalue weighted by atomic mass is 9.44. The topological polar surface area (TPSA) is 29.5 Å². The van der Waals surface area contributed by atoms with Gasteiger partial charge in [-0.15, -0.1) is 0 Å². The first-order chi connectivity index (χ1) is 14.8. The fourth-order valence-electron chi connectivity index (χ4n) is 9.61. The van der Waals surface area contributed by atoms with Gasteiger partial charge >= 0.3 is 0 Å². The average molecular weight is 433 g/mol. The van der Waals surface area contributed by atoms with E-state index in [2.05, 4.69) is 34.6 Å². The van der Waals surface area contributed by atoms with E-state index in [1.54, 1.807) is 0 Å². The van der Waals surface area contributed by atoms with Gasteiger partial charge in [0, 0.05) is 0 Å². The van der Waals surface area contributed by atoms with Crippen LogP contribution in [0.15, 0.2) is 0 Å². The maximum absolute atomic E-state index is 9.15. The van der Waals surface area contributed by atoms with Crippen LogP contribution in [0.2, 0.25) is 0 Å². The molecule has 5 unspecified atom stereocenters. The monoisotopic (exact) mass is 432 g/mol. The maximum atomic E-state index is 9.15. The molecule has 4 fully saturated rings. The third-order valence-corrected chi connectivity index (χ3v) is 11.3. The predicted octanol–water partition coefficient (Wildman–Crippen LogP) is 7.49. The Labute approximate surface area is 193 Å². The molecule has 180 valence electrons. The summed E-state index contributed by atoms with van der Waals surface area (Å²) in [5.74, 6) is 6.53. The molecule has 0 radical (unpaired) electrons. The lowest BCUT2D eigenvalue weighted by Gasteiger charge is -2.61. The van der Waals surface area contributed by atoms with Crippen LogP contribution in [0.3, 0.4) is 0 Å². The van der Waals surface area contributed by atoms with Gasteiger partial charge in [-0.05, 0) is 110 Å². The number of hydrogen-bond donors (Lipinski definition) is 1. The molecule has 9 atom stereocenters. The molecule has 0 heterocycles. The SMILES string of the molecule is CC(C)CCC[C@@H](C)[C@H]1CCC2C3CCC4CC(OCCO)CC[C@]4(C)C3CC[C@@]21C. The molecule has 2 nitrogen and oxygen atoms in total. The van der Waals surface area contributed by atoms with Crippen molar-refractivity contribution in [2.75, 3.05) is 13.2 Å². The van der Waals surface area contributed by atoms with Crippen LogP contribution in [0.4, 0.5) is 0 Å². The Bertz CT molecular complexity index is 587. The van der Waals surface area contributed by atoms with Crippen molar-refractivity contribution in [1.29, 1.82) is 0 Å². The first-order valence-electron chi connectivity index (χ1n) is 14.0. The third kappa shape index (κ3) is 4.51. The quantitative estimate of drug-likeness (QED) is 0.430. The zero-order valence-corrected chi connectivity index (χ0v) is 21.4. The molecule has 0 aromatic carbocycles. The van der Waals surface area contributed by atoms with Crippen LogP contribution in [0, 0.1) is 52.3 Å². The maximum Gasteiger partial charge on any atom is 0.0701 e. The molecule has 0 aliphatic heterocycles. The number of ether oxygens (including phenoxy) is 1.